The zero-order valence-electron chi connectivity index (χ0n) is 9.85. The molecule has 2 rings (SSSR count). The number of hydrogen-bond donors (Lipinski definition) is 0. The van der Waals surface area contributed by atoms with Crippen molar-refractivity contribution < 1.29 is 19.0 Å². The second-order valence-electron chi connectivity index (χ2n) is 3.92. The summed E-state index contributed by atoms with van der Waals surface area (Å²) in [5.74, 6) is -0.233. The topological polar surface area (TPSA) is 44.8 Å². The highest BCUT2D eigenvalue weighted by Gasteiger charge is 2.16. The van der Waals surface area contributed by atoms with Crippen LogP contribution in [0.4, 0.5) is 0 Å². The molecule has 1 aromatic rings. The lowest BCUT2D eigenvalue weighted by Crippen LogP contribution is -2.17. The zero-order valence-corrected chi connectivity index (χ0v) is 9.85. The first-order valence-corrected chi connectivity index (χ1v) is 5.68. The normalized spacial score (nSPS) is 16.8. The van der Waals surface area contributed by atoms with Gasteiger partial charge in [-0.25, -0.2) is 0 Å². The molecular weight excluding hydrogens is 220 g/mol. The first-order chi connectivity index (χ1) is 8.29. The van der Waals surface area contributed by atoms with Crippen molar-refractivity contribution in [1.82, 2.24) is 0 Å². The van der Waals surface area contributed by atoms with Crippen LogP contribution in [0.25, 0.3) is 0 Å². The van der Waals surface area contributed by atoms with Crippen molar-refractivity contribution in [3.63, 3.8) is 0 Å². The highest BCUT2D eigenvalue weighted by atomic mass is 16.7. The Kier molecular flexibility index (Phi) is 4.12. The maximum absolute atomic E-state index is 11.1. The van der Waals surface area contributed by atoms with Crippen LogP contribution in [0.5, 0.6) is 0 Å². The fraction of sp³-hybridized carbons (Fsp3) is 0.462. The van der Waals surface area contributed by atoms with Crippen molar-refractivity contribution in [2.24, 2.45) is 0 Å². The van der Waals surface area contributed by atoms with E-state index < -0.39 is 0 Å². The van der Waals surface area contributed by atoms with Crippen LogP contribution in [-0.2, 0) is 25.4 Å². The molecule has 1 fully saturated rings. The third-order valence-electron chi connectivity index (χ3n) is 2.66. The molecule has 0 amide bonds. The van der Waals surface area contributed by atoms with Gasteiger partial charge in [0.25, 0.3) is 0 Å². The predicted molar refractivity (Wildman–Crippen MR) is 61.4 cm³/mol. The first kappa shape index (κ1) is 12.1. The van der Waals surface area contributed by atoms with Crippen LogP contribution in [0.2, 0.25) is 0 Å². The van der Waals surface area contributed by atoms with Crippen molar-refractivity contribution in [2.45, 2.75) is 19.1 Å². The summed E-state index contributed by atoms with van der Waals surface area (Å²) in [6.45, 7) is 1.46. The van der Waals surface area contributed by atoms with Crippen LogP contribution in [0.3, 0.4) is 0 Å². The Morgan fingerprint density at radius 2 is 1.94 bits per heavy atom. The predicted octanol–water partition coefficient (Wildman–Crippen LogP) is 1.84. The smallest absolute Gasteiger partial charge is 0.309 e. The number of methoxy groups -OCH3 is 1. The lowest BCUT2D eigenvalue weighted by atomic mass is 10.1. The first-order valence-electron chi connectivity index (χ1n) is 5.68. The molecule has 17 heavy (non-hydrogen) atoms. The summed E-state index contributed by atoms with van der Waals surface area (Å²) < 4.78 is 15.6. The quantitative estimate of drug-likeness (QED) is 0.751. The van der Waals surface area contributed by atoms with Gasteiger partial charge in [0.2, 0.25) is 0 Å². The van der Waals surface area contributed by atoms with Crippen LogP contribution in [0.15, 0.2) is 24.3 Å². The monoisotopic (exact) mass is 236 g/mol. The van der Waals surface area contributed by atoms with E-state index in [9.17, 15) is 4.79 Å². The molecule has 92 valence electrons. The van der Waals surface area contributed by atoms with Gasteiger partial charge in [0.15, 0.2) is 6.29 Å². The molecule has 0 N–H and O–H groups in total. The summed E-state index contributed by atoms with van der Waals surface area (Å²) in [4.78, 5) is 11.1. The maximum atomic E-state index is 11.1. The van der Waals surface area contributed by atoms with Crippen molar-refractivity contribution in [3.05, 3.63) is 35.4 Å². The Labute approximate surface area is 100 Å². The van der Waals surface area contributed by atoms with Crippen molar-refractivity contribution in [3.8, 4) is 0 Å². The van der Waals surface area contributed by atoms with Crippen LogP contribution in [-0.4, -0.2) is 26.3 Å². The average molecular weight is 236 g/mol. The van der Waals surface area contributed by atoms with Gasteiger partial charge in [0.05, 0.1) is 26.7 Å². The molecule has 0 spiro atoms. The molecule has 1 aliphatic heterocycles. The van der Waals surface area contributed by atoms with Gasteiger partial charge in [-0.2, -0.15) is 0 Å². The SMILES string of the molecule is COC(=O)Cc1ccc(C2OCCCO2)cc1. The van der Waals surface area contributed by atoms with Crippen molar-refractivity contribution >= 4 is 5.97 Å². The van der Waals surface area contributed by atoms with Crippen LogP contribution < -0.4 is 0 Å². The molecule has 0 aromatic heterocycles. The standard InChI is InChI=1S/C13H16O4/c1-15-12(14)9-10-3-5-11(6-4-10)13-16-7-2-8-17-13/h3-6,13H,2,7-9H2,1H3. The largest absolute Gasteiger partial charge is 0.469 e. The van der Waals surface area contributed by atoms with Gasteiger partial charge in [0, 0.05) is 5.56 Å². The number of hydrogen-bond acceptors (Lipinski definition) is 4. The Hall–Kier alpha value is -1.39. The Morgan fingerprint density at radius 1 is 1.29 bits per heavy atom. The van der Waals surface area contributed by atoms with Crippen molar-refractivity contribution in [2.75, 3.05) is 20.3 Å². The molecule has 1 saturated heterocycles. The summed E-state index contributed by atoms with van der Waals surface area (Å²) in [7, 11) is 1.39. The number of benzene rings is 1. The highest BCUT2D eigenvalue weighted by Crippen LogP contribution is 2.23. The highest BCUT2D eigenvalue weighted by molar-refractivity contribution is 5.72. The molecule has 1 aliphatic rings. The van der Waals surface area contributed by atoms with Crippen molar-refractivity contribution in [1.29, 1.82) is 0 Å². The number of esters is 1. The van der Waals surface area contributed by atoms with E-state index in [2.05, 4.69) is 4.74 Å². The van der Waals surface area contributed by atoms with E-state index in [1.807, 2.05) is 24.3 Å². The number of ether oxygens (including phenoxy) is 3. The number of carbonyl (C=O) groups is 1. The van der Waals surface area contributed by atoms with Gasteiger partial charge in [-0.3, -0.25) is 4.79 Å². The molecule has 0 atom stereocenters. The van der Waals surface area contributed by atoms with E-state index in [-0.39, 0.29) is 12.3 Å². The molecule has 0 unspecified atom stereocenters. The zero-order chi connectivity index (χ0) is 12.1. The lowest BCUT2D eigenvalue weighted by Gasteiger charge is -2.23. The fourth-order valence-corrected chi connectivity index (χ4v) is 1.71. The van der Waals surface area contributed by atoms with Gasteiger partial charge >= 0.3 is 5.97 Å². The molecule has 0 bridgehead atoms. The molecule has 1 heterocycles. The second-order valence-corrected chi connectivity index (χ2v) is 3.92. The van der Waals surface area contributed by atoms with E-state index in [1.165, 1.54) is 7.11 Å². The minimum Gasteiger partial charge on any atom is -0.469 e. The third kappa shape index (κ3) is 3.28. The maximum Gasteiger partial charge on any atom is 0.309 e. The van der Waals surface area contributed by atoms with Gasteiger partial charge in [-0.05, 0) is 12.0 Å². The van der Waals surface area contributed by atoms with E-state index in [4.69, 9.17) is 9.47 Å². The molecular formula is C13H16O4. The van der Waals surface area contributed by atoms with E-state index in [0.717, 1.165) is 30.8 Å². The fourth-order valence-electron chi connectivity index (χ4n) is 1.71. The molecule has 0 radical (unpaired) electrons. The Bertz CT molecular complexity index is 366. The molecule has 4 heteroatoms. The number of rotatable bonds is 3. The molecule has 0 saturated carbocycles. The second kappa shape index (κ2) is 5.80. The third-order valence-corrected chi connectivity index (χ3v) is 2.66. The molecule has 1 aromatic carbocycles. The summed E-state index contributed by atoms with van der Waals surface area (Å²) in [5, 5.41) is 0. The molecule has 0 aliphatic carbocycles. The van der Waals surface area contributed by atoms with Gasteiger partial charge in [-0.1, -0.05) is 24.3 Å². The molecule has 4 nitrogen and oxygen atoms in total. The van der Waals surface area contributed by atoms with E-state index in [0.29, 0.717) is 6.42 Å². The van der Waals surface area contributed by atoms with E-state index in [1.54, 1.807) is 0 Å². The van der Waals surface area contributed by atoms with Gasteiger partial charge in [-0.15, -0.1) is 0 Å². The van der Waals surface area contributed by atoms with E-state index >= 15 is 0 Å². The van der Waals surface area contributed by atoms with Gasteiger partial charge < -0.3 is 14.2 Å². The summed E-state index contributed by atoms with van der Waals surface area (Å²) >= 11 is 0. The van der Waals surface area contributed by atoms with Crippen LogP contribution in [0, 0.1) is 0 Å². The summed E-state index contributed by atoms with van der Waals surface area (Å²) in [6.07, 6.45) is 0.969. The number of carbonyl (C=O) groups excluding carboxylic acids is 1. The minimum atomic E-state index is -0.268. The lowest BCUT2D eigenvalue weighted by molar-refractivity contribution is -0.183. The Morgan fingerprint density at radius 3 is 2.53 bits per heavy atom. The summed E-state index contributed by atoms with van der Waals surface area (Å²) in [6, 6.07) is 7.64. The average Bonchev–Trinajstić information content (AvgIpc) is 2.40. The van der Waals surface area contributed by atoms with Crippen LogP contribution in [0.1, 0.15) is 23.8 Å². The van der Waals surface area contributed by atoms with Gasteiger partial charge in [0.1, 0.15) is 0 Å². The van der Waals surface area contributed by atoms with Crippen LogP contribution >= 0.6 is 0 Å². The minimum absolute atomic E-state index is 0.233. The summed E-state index contributed by atoms with van der Waals surface area (Å²) in [5.41, 5.74) is 1.91. The Balaban J connectivity index is 1.99.